The Morgan fingerprint density at radius 2 is 1.86 bits per heavy atom. The van der Waals surface area contributed by atoms with Crippen molar-refractivity contribution >= 4 is 39.2 Å². The maximum Gasteiger partial charge on any atom is 0.335 e. The van der Waals surface area contributed by atoms with E-state index in [2.05, 4.69) is 33.9 Å². The van der Waals surface area contributed by atoms with E-state index in [1.54, 1.807) is 18.2 Å². The van der Waals surface area contributed by atoms with Gasteiger partial charge in [-0.25, -0.2) is 9.78 Å². The van der Waals surface area contributed by atoms with Crippen molar-refractivity contribution in [3.05, 3.63) is 70.7 Å². The lowest BCUT2D eigenvalue weighted by molar-refractivity contribution is -0.115. The zero-order chi connectivity index (χ0) is 20.5. The van der Waals surface area contributed by atoms with Gasteiger partial charge in [-0.1, -0.05) is 36.4 Å². The first kappa shape index (κ1) is 18.9. The van der Waals surface area contributed by atoms with E-state index < -0.39 is 5.97 Å². The van der Waals surface area contributed by atoms with Gasteiger partial charge in [0.2, 0.25) is 5.91 Å². The molecule has 0 radical (unpaired) electrons. The third-order valence-electron chi connectivity index (χ3n) is 5.01. The molecule has 1 amide bonds. The first-order valence-electron chi connectivity index (χ1n) is 9.06. The summed E-state index contributed by atoms with van der Waals surface area (Å²) in [7, 11) is 2.02. The number of thiazole rings is 1. The SMILES string of the molecule is Cc1c(-c2csc(NC(=O)Cc3ccccc3C(=O)O)n2)c2ccccc2n1C. The number of aromatic nitrogens is 2. The third kappa shape index (κ3) is 3.52. The number of benzene rings is 2. The highest BCUT2D eigenvalue weighted by Crippen LogP contribution is 2.35. The van der Waals surface area contributed by atoms with Gasteiger partial charge in [0, 0.05) is 34.6 Å². The lowest BCUT2D eigenvalue weighted by Crippen LogP contribution is -2.16. The number of aromatic carboxylic acids is 1. The first-order chi connectivity index (χ1) is 14.0. The molecule has 2 N–H and O–H groups in total. The minimum atomic E-state index is -1.05. The molecular weight excluding hydrogens is 386 g/mol. The molecule has 0 aliphatic carbocycles. The van der Waals surface area contributed by atoms with Crippen LogP contribution in [-0.2, 0) is 18.3 Å². The molecule has 7 heteroatoms. The molecular formula is C22H19N3O3S. The van der Waals surface area contributed by atoms with Gasteiger partial charge >= 0.3 is 5.97 Å². The third-order valence-corrected chi connectivity index (χ3v) is 5.76. The Morgan fingerprint density at radius 3 is 2.66 bits per heavy atom. The van der Waals surface area contributed by atoms with Crippen LogP contribution < -0.4 is 5.32 Å². The van der Waals surface area contributed by atoms with Gasteiger partial charge < -0.3 is 15.0 Å². The molecule has 0 saturated heterocycles. The van der Waals surface area contributed by atoms with Gasteiger partial charge in [0.15, 0.2) is 5.13 Å². The number of carbonyl (C=O) groups is 2. The van der Waals surface area contributed by atoms with Crippen LogP contribution in [-0.4, -0.2) is 26.5 Å². The topological polar surface area (TPSA) is 84.2 Å². The summed E-state index contributed by atoms with van der Waals surface area (Å²) in [6.07, 6.45) is -0.0231. The number of hydrogen-bond acceptors (Lipinski definition) is 4. The molecule has 4 aromatic rings. The number of nitrogens with zero attached hydrogens (tertiary/aromatic N) is 2. The maximum absolute atomic E-state index is 12.4. The molecule has 2 aromatic carbocycles. The fraction of sp³-hybridized carbons (Fsp3) is 0.136. The van der Waals surface area contributed by atoms with E-state index in [4.69, 9.17) is 0 Å². The van der Waals surface area contributed by atoms with E-state index in [0.717, 1.165) is 27.9 Å². The number of carboxylic acid groups (broad SMARTS) is 1. The van der Waals surface area contributed by atoms with Crippen LogP contribution in [0.3, 0.4) is 0 Å². The summed E-state index contributed by atoms with van der Waals surface area (Å²) in [4.78, 5) is 28.4. The van der Waals surface area contributed by atoms with E-state index >= 15 is 0 Å². The predicted octanol–water partition coefficient (Wildman–Crippen LogP) is 4.49. The Labute approximate surface area is 171 Å². The summed E-state index contributed by atoms with van der Waals surface area (Å²) in [5, 5.41) is 15.6. The molecule has 29 heavy (non-hydrogen) atoms. The molecule has 0 unspecified atom stereocenters. The largest absolute Gasteiger partial charge is 0.478 e. The molecule has 0 fully saturated rings. The van der Waals surface area contributed by atoms with Gasteiger partial charge in [-0.05, 0) is 24.6 Å². The number of fused-ring (bicyclic) bond motifs is 1. The molecule has 146 valence electrons. The molecule has 0 saturated carbocycles. The fourth-order valence-electron chi connectivity index (χ4n) is 3.51. The summed E-state index contributed by atoms with van der Waals surface area (Å²) in [6, 6.07) is 14.7. The zero-order valence-electron chi connectivity index (χ0n) is 16.0. The highest BCUT2D eigenvalue weighted by molar-refractivity contribution is 7.14. The normalized spacial score (nSPS) is 11.0. The number of anilines is 1. The van der Waals surface area contributed by atoms with Crippen molar-refractivity contribution in [2.24, 2.45) is 7.05 Å². The van der Waals surface area contributed by atoms with Gasteiger partial charge in [-0.15, -0.1) is 11.3 Å². The van der Waals surface area contributed by atoms with Crippen LogP contribution in [0.15, 0.2) is 53.9 Å². The number of rotatable bonds is 5. The summed E-state index contributed by atoms with van der Waals surface area (Å²) < 4.78 is 2.13. The minimum absolute atomic E-state index is 0.0231. The van der Waals surface area contributed by atoms with Crippen molar-refractivity contribution < 1.29 is 14.7 Å². The van der Waals surface area contributed by atoms with E-state index in [0.29, 0.717) is 10.7 Å². The minimum Gasteiger partial charge on any atom is -0.478 e. The van der Waals surface area contributed by atoms with Crippen LogP contribution in [0.5, 0.6) is 0 Å². The van der Waals surface area contributed by atoms with Crippen LogP contribution >= 0.6 is 11.3 Å². The lowest BCUT2D eigenvalue weighted by atomic mass is 10.0. The predicted molar refractivity (Wildman–Crippen MR) is 114 cm³/mol. The van der Waals surface area contributed by atoms with E-state index in [9.17, 15) is 14.7 Å². The van der Waals surface area contributed by atoms with Crippen molar-refractivity contribution in [3.63, 3.8) is 0 Å². The average molecular weight is 405 g/mol. The average Bonchev–Trinajstić information content (AvgIpc) is 3.25. The summed E-state index contributed by atoms with van der Waals surface area (Å²) in [6.45, 7) is 2.05. The molecule has 0 atom stereocenters. The maximum atomic E-state index is 12.4. The molecule has 4 rings (SSSR count). The Balaban J connectivity index is 1.58. The van der Waals surface area contributed by atoms with Crippen LogP contribution in [0.25, 0.3) is 22.2 Å². The highest BCUT2D eigenvalue weighted by atomic mass is 32.1. The van der Waals surface area contributed by atoms with Gasteiger partial charge in [0.25, 0.3) is 0 Å². The van der Waals surface area contributed by atoms with Gasteiger partial charge in [0.05, 0.1) is 17.7 Å². The zero-order valence-corrected chi connectivity index (χ0v) is 16.8. The molecule has 2 heterocycles. The van der Waals surface area contributed by atoms with Crippen molar-refractivity contribution in [3.8, 4) is 11.3 Å². The van der Waals surface area contributed by atoms with E-state index in [1.165, 1.54) is 17.4 Å². The molecule has 0 spiro atoms. The Kier molecular flexibility index (Phi) is 4.90. The van der Waals surface area contributed by atoms with E-state index in [-0.39, 0.29) is 17.9 Å². The molecule has 0 aliphatic heterocycles. The second-order valence-corrected chi connectivity index (χ2v) is 7.62. The second kappa shape index (κ2) is 7.52. The second-order valence-electron chi connectivity index (χ2n) is 6.76. The van der Waals surface area contributed by atoms with Gasteiger partial charge in [0.1, 0.15) is 0 Å². The van der Waals surface area contributed by atoms with Gasteiger partial charge in [-0.3, -0.25) is 4.79 Å². The summed E-state index contributed by atoms with van der Waals surface area (Å²) in [5.74, 6) is -1.34. The standard InChI is InChI=1S/C22H19N3O3S/c1-13-20(16-9-5-6-10-18(16)25(13)2)17-12-29-22(23-17)24-19(26)11-14-7-3-4-8-15(14)21(27)28/h3-10,12H,11H2,1-2H3,(H,27,28)(H,23,24,26). The Hall–Kier alpha value is -3.45. The van der Waals surface area contributed by atoms with Crippen LogP contribution in [0.2, 0.25) is 0 Å². The summed E-state index contributed by atoms with van der Waals surface area (Å²) >= 11 is 1.35. The first-order valence-corrected chi connectivity index (χ1v) is 9.94. The van der Waals surface area contributed by atoms with Crippen LogP contribution in [0.4, 0.5) is 5.13 Å². The van der Waals surface area contributed by atoms with Crippen LogP contribution in [0, 0.1) is 6.92 Å². The Morgan fingerprint density at radius 1 is 1.14 bits per heavy atom. The number of nitrogens with one attached hydrogen (secondary N) is 1. The highest BCUT2D eigenvalue weighted by Gasteiger charge is 2.17. The molecule has 0 bridgehead atoms. The number of para-hydroxylation sites is 1. The number of hydrogen-bond donors (Lipinski definition) is 2. The van der Waals surface area contributed by atoms with Crippen molar-refractivity contribution in [2.75, 3.05) is 5.32 Å². The lowest BCUT2D eigenvalue weighted by Gasteiger charge is -2.05. The number of amides is 1. The number of carboxylic acids is 1. The van der Waals surface area contributed by atoms with E-state index in [1.807, 2.05) is 24.6 Å². The number of carbonyl (C=O) groups excluding carboxylic acids is 1. The quantitative estimate of drug-likeness (QED) is 0.512. The van der Waals surface area contributed by atoms with Crippen molar-refractivity contribution in [1.82, 2.24) is 9.55 Å². The van der Waals surface area contributed by atoms with Crippen molar-refractivity contribution in [1.29, 1.82) is 0 Å². The van der Waals surface area contributed by atoms with Crippen LogP contribution in [0.1, 0.15) is 21.6 Å². The molecule has 0 aliphatic rings. The Bertz CT molecular complexity index is 1240. The van der Waals surface area contributed by atoms with Crippen molar-refractivity contribution in [2.45, 2.75) is 13.3 Å². The smallest absolute Gasteiger partial charge is 0.335 e. The fourth-order valence-corrected chi connectivity index (χ4v) is 4.23. The summed E-state index contributed by atoms with van der Waals surface area (Å²) in [5.41, 5.74) is 4.70. The van der Waals surface area contributed by atoms with Gasteiger partial charge in [-0.2, -0.15) is 0 Å². The number of aryl methyl sites for hydroxylation is 1. The molecule has 6 nitrogen and oxygen atoms in total. The molecule has 2 aromatic heterocycles. The monoisotopic (exact) mass is 405 g/mol.